The van der Waals surface area contributed by atoms with Crippen molar-refractivity contribution in [2.75, 3.05) is 13.1 Å². The molecule has 2 rings (SSSR count). The second-order valence-electron chi connectivity index (χ2n) is 4.68. The van der Waals surface area contributed by atoms with Crippen molar-refractivity contribution >= 4 is 5.91 Å². The predicted octanol–water partition coefficient (Wildman–Crippen LogP) is 2.17. The van der Waals surface area contributed by atoms with Gasteiger partial charge in [-0.2, -0.15) is 0 Å². The van der Waals surface area contributed by atoms with Gasteiger partial charge in [-0.1, -0.05) is 37.3 Å². The molecule has 0 bridgehead atoms. The molecule has 3 nitrogen and oxygen atoms in total. The molecule has 0 aromatic heterocycles. The molecule has 1 unspecified atom stereocenters. The van der Waals surface area contributed by atoms with Crippen LogP contribution in [0.25, 0.3) is 0 Å². The van der Waals surface area contributed by atoms with E-state index < -0.39 is 0 Å². The molecule has 2 N–H and O–H groups in total. The maximum Gasteiger partial charge on any atom is 0.247 e. The molecule has 0 saturated carbocycles. The average Bonchev–Trinajstić information content (AvgIpc) is 2.34. The third-order valence-electron chi connectivity index (χ3n) is 3.46. The Bertz CT molecular complexity index is 445. The van der Waals surface area contributed by atoms with Crippen LogP contribution in [0.5, 0.6) is 0 Å². The van der Waals surface area contributed by atoms with Crippen molar-refractivity contribution in [3.63, 3.8) is 0 Å². The van der Waals surface area contributed by atoms with Gasteiger partial charge in [0.2, 0.25) is 5.91 Å². The molecule has 1 aromatic rings. The molecule has 18 heavy (non-hydrogen) atoms. The minimum Gasteiger partial charge on any atom is -0.346 e. The van der Waals surface area contributed by atoms with Gasteiger partial charge in [0.05, 0.1) is 6.04 Å². The Balaban J connectivity index is 2.05. The number of amides is 1. The highest BCUT2D eigenvalue weighted by Gasteiger charge is 2.18. The van der Waals surface area contributed by atoms with Gasteiger partial charge in [0.25, 0.3) is 0 Å². The van der Waals surface area contributed by atoms with Crippen LogP contribution in [-0.4, -0.2) is 19.0 Å². The van der Waals surface area contributed by atoms with Crippen LogP contribution in [0, 0.1) is 0 Å². The molecule has 1 fully saturated rings. The summed E-state index contributed by atoms with van der Waals surface area (Å²) in [5.41, 5.74) is 3.25. The zero-order valence-electron chi connectivity index (χ0n) is 11.0. The van der Waals surface area contributed by atoms with Gasteiger partial charge in [-0.3, -0.25) is 4.79 Å². The fourth-order valence-electron chi connectivity index (χ4n) is 2.05. The number of nitrogens with one attached hydrogen (secondary N) is 2. The van der Waals surface area contributed by atoms with E-state index in [0.717, 1.165) is 30.6 Å². The lowest BCUT2D eigenvalue weighted by atomic mass is 10.0. The second kappa shape index (κ2) is 5.83. The number of hydrogen-bond donors (Lipinski definition) is 2. The third kappa shape index (κ3) is 2.79. The fraction of sp³-hybridized carbons (Fsp3) is 0.400. The fourth-order valence-corrected chi connectivity index (χ4v) is 2.05. The summed E-state index contributed by atoms with van der Waals surface area (Å²) in [4.78, 5) is 12.1. The van der Waals surface area contributed by atoms with Crippen molar-refractivity contribution in [3.05, 3.63) is 47.0 Å². The van der Waals surface area contributed by atoms with E-state index in [1.54, 1.807) is 0 Å². The van der Waals surface area contributed by atoms with E-state index >= 15 is 0 Å². The van der Waals surface area contributed by atoms with E-state index in [0.29, 0.717) is 0 Å². The lowest BCUT2D eigenvalue weighted by molar-refractivity contribution is -0.118. The van der Waals surface area contributed by atoms with Crippen LogP contribution in [0.2, 0.25) is 0 Å². The highest BCUT2D eigenvalue weighted by Crippen LogP contribution is 2.17. The lowest BCUT2D eigenvalue weighted by Gasteiger charge is -2.23. The first-order valence-electron chi connectivity index (χ1n) is 6.47. The number of rotatable bonds is 4. The maximum atomic E-state index is 12.1. The molecule has 0 aliphatic carbocycles. The van der Waals surface area contributed by atoms with Gasteiger partial charge < -0.3 is 10.6 Å². The number of carbonyl (C=O) groups is 1. The van der Waals surface area contributed by atoms with Crippen LogP contribution in [0.3, 0.4) is 0 Å². The van der Waals surface area contributed by atoms with E-state index in [1.807, 2.05) is 25.1 Å². The van der Waals surface area contributed by atoms with Crippen LogP contribution >= 0.6 is 0 Å². The first kappa shape index (κ1) is 12.8. The first-order chi connectivity index (χ1) is 8.72. The molecule has 3 heteroatoms. The SMILES string of the molecule is CCC(NC(=O)C(C)=C1CNC1)c1ccccc1. The molecule has 1 atom stereocenters. The number of carbonyl (C=O) groups excluding carboxylic acids is 1. The quantitative estimate of drug-likeness (QED) is 0.797. The summed E-state index contributed by atoms with van der Waals surface area (Å²) in [7, 11) is 0. The standard InChI is InChI=1S/C15H20N2O/c1-3-14(12-7-5-4-6-8-12)17-15(18)11(2)13-9-16-10-13/h4-8,14,16H,3,9-10H2,1-2H3,(H,17,18). The van der Waals surface area contributed by atoms with Crippen molar-refractivity contribution in [1.82, 2.24) is 10.6 Å². The van der Waals surface area contributed by atoms with E-state index in [2.05, 4.69) is 29.7 Å². The molecule has 0 radical (unpaired) electrons. The minimum atomic E-state index is 0.0576. The molecule has 96 valence electrons. The lowest BCUT2D eigenvalue weighted by Crippen LogP contribution is -2.38. The Kier molecular flexibility index (Phi) is 4.15. The van der Waals surface area contributed by atoms with Gasteiger partial charge >= 0.3 is 0 Å². The van der Waals surface area contributed by atoms with Crippen LogP contribution < -0.4 is 10.6 Å². The second-order valence-corrected chi connectivity index (χ2v) is 4.68. The smallest absolute Gasteiger partial charge is 0.247 e. The molecule has 1 aliphatic heterocycles. The van der Waals surface area contributed by atoms with Gasteiger partial charge in [0.1, 0.15) is 0 Å². The molecule has 1 saturated heterocycles. The van der Waals surface area contributed by atoms with Gasteiger partial charge in [-0.15, -0.1) is 0 Å². The molecular weight excluding hydrogens is 224 g/mol. The third-order valence-corrected chi connectivity index (χ3v) is 3.46. The van der Waals surface area contributed by atoms with Gasteiger partial charge in [-0.05, 0) is 24.5 Å². The topological polar surface area (TPSA) is 41.1 Å². The van der Waals surface area contributed by atoms with Gasteiger partial charge in [0.15, 0.2) is 0 Å². The Morgan fingerprint density at radius 3 is 2.50 bits per heavy atom. The van der Waals surface area contributed by atoms with Crippen molar-refractivity contribution in [1.29, 1.82) is 0 Å². The van der Waals surface area contributed by atoms with Crippen LogP contribution in [-0.2, 0) is 4.79 Å². The number of benzene rings is 1. The molecular formula is C15H20N2O. The summed E-state index contributed by atoms with van der Waals surface area (Å²) in [5.74, 6) is 0.0576. The molecule has 1 amide bonds. The summed E-state index contributed by atoms with van der Waals surface area (Å²) in [6.45, 7) is 5.69. The predicted molar refractivity (Wildman–Crippen MR) is 73.2 cm³/mol. The Labute approximate surface area is 108 Å². The number of hydrogen-bond acceptors (Lipinski definition) is 2. The summed E-state index contributed by atoms with van der Waals surface area (Å²) in [5, 5.41) is 6.27. The van der Waals surface area contributed by atoms with Crippen molar-refractivity contribution in [2.45, 2.75) is 26.3 Å². The zero-order valence-corrected chi connectivity index (χ0v) is 11.0. The summed E-state index contributed by atoms with van der Waals surface area (Å²) in [6, 6.07) is 10.2. The molecule has 1 aromatic carbocycles. The van der Waals surface area contributed by atoms with Gasteiger partial charge in [-0.25, -0.2) is 0 Å². The maximum absolute atomic E-state index is 12.1. The van der Waals surface area contributed by atoms with Crippen LogP contribution in [0.1, 0.15) is 31.9 Å². The van der Waals surface area contributed by atoms with Crippen LogP contribution in [0.4, 0.5) is 0 Å². The van der Waals surface area contributed by atoms with Gasteiger partial charge in [0, 0.05) is 18.7 Å². The van der Waals surface area contributed by atoms with E-state index in [4.69, 9.17) is 0 Å². The normalized spacial score (nSPS) is 15.8. The summed E-state index contributed by atoms with van der Waals surface area (Å²) in [6.07, 6.45) is 0.899. The van der Waals surface area contributed by atoms with Crippen molar-refractivity contribution in [2.24, 2.45) is 0 Å². The van der Waals surface area contributed by atoms with E-state index in [-0.39, 0.29) is 11.9 Å². The van der Waals surface area contributed by atoms with Crippen LogP contribution in [0.15, 0.2) is 41.5 Å². The Morgan fingerprint density at radius 1 is 1.33 bits per heavy atom. The highest BCUT2D eigenvalue weighted by atomic mass is 16.1. The largest absolute Gasteiger partial charge is 0.346 e. The average molecular weight is 244 g/mol. The molecule has 1 heterocycles. The van der Waals surface area contributed by atoms with E-state index in [1.165, 1.54) is 5.57 Å². The highest BCUT2D eigenvalue weighted by molar-refractivity contribution is 5.94. The molecule has 0 spiro atoms. The molecule has 1 aliphatic rings. The minimum absolute atomic E-state index is 0.0576. The van der Waals surface area contributed by atoms with Crippen molar-refractivity contribution < 1.29 is 4.79 Å². The first-order valence-corrected chi connectivity index (χ1v) is 6.47. The summed E-state index contributed by atoms with van der Waals surface area (Å²) < 4.78 is 0. The van der Waals surface area contributed by atoms with Crippen molar-refractivity contribution in [3.8, 4) is 0 Å². The Hall–Kier alpha value is -1.61. The van der Waals surface area contributed by atoms with E-state index in [9.17, 15) is 4.79 Å². The monoisotopic (exact) mass is 244 g/mol. The Morgan fingerprint density at radius 2 is 2.00 bits per heavy atom. The summed E-state index contributed by atoms with van der Waals surface area (Å²) >= 11 is 0. The zero-order chi connectivity index (χ0) is 13.0.